The van der Waals surface area contributed by atoms with E-state index >= 15 is 0 Å². The predicted molar refractivity (Wildman–Crippen MR) is 206 cm³/mol. The fourth-order valence-corrected chi connectivity index (χ4v) is 8.60. The number of aliphatic hydroxyl groups excluding tert-OH is 3. The van der Waals surface area contributed by atoms with Gasteiger partial charge in [-0.05, 0) is 96.2 Å². The molecule has 10 heteroatoms. The van der Waals surface area contributed by atoms with Gasteiger partial charge in [0, 0.05) is 46.0 Å². The van der Waals surface area contributed by atoms with Gasteiger partial charge in [-0.25, -0.2) is 0 Å². The first-order valence-electron chi connectivity index (χ1n) is 18.4. The van der Waals surface area contributed by atoms with E-state index in [4.69, 9.17) is 10.5 Å². The molecule has 6 atom stereocenters. The lowest BCUT2D eigenvalue weighted by Gasteiger charge is -2.24. The number of aromatic nitrogens is 1. The second kappa shape index (κ2) is 18.0. The van der Waals surface area contributed by atoms with Crippen molar-refractivity contribution in [2.45, 2.75) is 88.6 Å². The van der Waals surface area contributed by atoms with Crippen LogP contribution in [0.1, 0.15) is 85.8 Å². The third kappa shape index (κ3) is 9.61. The Morgan fingerprint density at radius 2 is 1.65 bits per heavy atom. The van der Waals surface area contributed by atoms with Crippen molar-refractivity contribution >= 4 is 49.8 Å². The van der Waals surface area contributed by atoms with Crippen molar-refractivity contribution in [2.75, 3.05) is 11.9 Å². The molecule has 1 aliphatic rings. The van der Waals surface area contributed by atoms with Crippen LogP contribution in [0, 0.1) is 11.8 Å². The number of nitrogens with two attached hydrogens (primary N) is 1. The number of esters is 1. The highest BCUT2D eigenvalue weighted by Gasteiger charge is 2.41. The van der Waals surface area contributed by atoms with Crippen molar-refractivity contribution in [3.63, 3.8) is 0 Å². The first kappa shape index (κ1) is 37.6. The van der Waals surface area contributed by atoms with E-state index in [2.05, 4.69) is 22.4 Å². The first-order valence-corrected chi connectivity index (χ1v) is 19.2. The van der Waals surface area contributed by atoms with E-state index in [-0.39, 0.29) is 36.9 Å². The monoisotopic (exact) mass is 723 g/mol. The van der Waals surface area contributed by atoms with E-state index in [0.717, 1.165) is 69.0 Å². The van der Waals surface area contributed by atoms with Gasteiger partial charge < -0.3 is 31.1 Å². The molecule has 2 heterocycles. The largest absolute Gasteiger partial charge is 0.461 e. The van der Waals surface area contributed by atoms with Crippen LogP contribution in [0.15, 0.2) is 91.3 Å². The van der Waals surface area contributed by atoms with Crippen LogP contribution >= 0.6 is 11.3 Å². The summed E-state index contributed by atoms with van der Waals surface area (Å²) in [5, 5.41) is 38.3. The first-order chi connectivity index (χ1) is 25.3. The molecule has 274 valence electrons. The SMILES string of the molecule is NCC(C(=O)Nc1ccc2cnccc2c1)c1ccc(COC(=O)CCCCCC[C@@H]2[C@@H](CCC(O)c3cc4ccccc4s3)[C@H](O)C[C@@H]2O)cc1. The van der Waals surface area contributed by atoms with Crippen LogP contribution in [0.4, 0.5) is 5.69 Å². The normalized spacial score (nSPS) is 19.8. The van der Waals surface area contributed by atoms with Crippen LogP contribution in [0.2, 0.25) is 0 Å². The van der Waals surface area contributed by atoms with Gasteiger partial charge in [0.15, 0.2) is 0 Å². The standard InChI is InChI=1S/C42H49N3O6S/c43-24-35(42(50)45-32-16-15-31-25-44-20-19-29(31)21-32)28-13-11-27(12-14-28)26-51-41(49)10-4-2-1-3-8-33-34(38(48)23-37(33)47)17-18-36(46)40-22-30-7-5-6-9-39(30)52-40/h5-7,9,11-16,19-22,25,33-38,46-48H,1-4,8,10,17-18,23-24,26,43H2,(H,45,50)/t33-,34-,35?,36?,37+,38-/m1/s1. The quantitative estimate of drug-likeness (QED) is 0.0492. The van der Waals surface area contributed by atoms with Crippen molar-refractivity contribution < 1.29 is 29.6 Å². The van der Waals surface area contributed by atoms with Gasteiger partial charge in [0.25, 0.3) is 0 Å². The third-order valence-corrected chi connectivity index (χ3v) is 11.7. The minimum absolute atomic E-state index is 0.0121. The maximum atomic E-state index is 13.1. The summed E-state index contributed by atoms with van der Waals surface area (Å²) >= 11 is 1.61. The molecule has 1 amide bonds. The minimum Gasteiger partial charge on any atom is -0.461 e. The number of benzene rings is 3. The average molecular weight is 724 g/mol. The number of unbranched alkanes of at least 4 members (excludes halogenated alkanes) is 3. The fraction of sp³-hybridized carbons (Fsp3) is 0.405. The number of rotatable bonds is 17. The topological polar surface area (TPSA) is 155 Å². The zero-order chi connectivity index (χ0) is 36.5. The highest BCUT2D eigenvalue weighted by Crippen LogP contribution is 2.41. The lowest BCUT2D eigenvalue weighted by molar-refractivity contribution is -0.145. The Kier molecular flexibility index (Phi) is 13.0. The van der Waals surface area contributed by atoms with Crippen molar-refractivity contribution in [3.8, 4) is 0 Å². The van der Waals surface area contributed by atoms with Gasteiger partial charge in [-0.2, -0.15) is 0 Å². The molecule has 1 fully saturated rings. The van der Waals surface area contributed by atoms with E-state index in [9.17, 15) is 24.9 Å². The summed E-state index contributed by atoms with van der Waals surface area (Å²) in [6, 6.07) is 25.1. The Labute approximate surface area is 308 Å². The molecule has 1 aliphatic carbocycles. The van der Waals surface area contributed by atoms with Crippen LogP contribution in [-0.2, 0) is 20.9 Å². The van der Waals surface area contributed by atoms with Gasteiger partial charge in [-0.15, -0.1) is 11.3 Å². The highest BCUT2D eigenvalue weighted by atomic mass is 32.1. The molecular formula is C42H49N3O6S. The maximum Gasteiger partial charge on any atom is 0.306 e. The number of aliphatic hydroxyl groups is 3. The molecule has 5 aromatic rings. The second-order valence-electron chi connectivity index (χ2n) is 14.0. The summed E-state index contributed by atoms with van der Waals surface area (Å²) in [5.74, 6) is -0.984. The van der Waals surface area contributed by atoms with Crippen molar-refractivity contribution in [1.29, 1.82) is 0 Å². The molecule has 6 rings (SSSR count). The van der Waals surface area contributed by atoms with E-state index in [1.165, 1.54) is 0 Å². The Balaban J connectivity index is 0.872. The van der Waals surface area contributed by atoms with Crippen LogP contribution < -0.4 is 11.1 Å². The van der Waals surface area contributed by atoms with Crippen LogP contribution in [0.25, 0.3) is 20.9 Å². The summed E-state index contributed by atoms with van der Waals surface area (Å²) in [7, 11) is 0. The lowest BCUT2D eigenvalue weighted by Crippen LogP contribution is -2.27. The molecule has 2 aromatic heterocycles. The van der Waals surface area contributed by atoms with Crippen LogP contribution in [-0.4, -0.2) is 50.9 Å². The summed E-state index contributed by atoms with van der Waals surface area (Å²) in [6.07, 6.45) is 8.03. The number of hydrogen-bond donors (Lipinski definition) is 5. The molecular weight excluding hydrogens is 675 g/mol. The van der Waals surface area contributed by atoms with Gasteiger partial charge in [-0.1, -0.05) is 67.8 Å². The van der Waals surface area contributed by atoms with Gasteiger partial charge in [-0.3, -0.25) is 14.6 Å². The highest BCUT2D eigenvalue weighted by molar-refractivity contribution is 7.19. The molecule has 0 spiro atoms. The zero-order valence-corrected chi connectivity index (χ0v) is 30.2. The molecule has 3 aromatic carbocycles. The third-order valence-electron chi connectivity index (χ3n) is 10.5. The van der Waals surface area contributed by atoms with Crippen molar-refractivity contribution in [1.82, 2.24) is 4.98 Å². The average Bonchev–Trinajstić information content (AvgIpc) is 3.71. The molecule has 9 nitrogen and oxygen atoms in total. The number of fused-ring (bicyclic) bond motifs is 2. The molecule has 0 aliphatic heterocycles. The number of pyridine rings is 1. The summed E-state index contributed by atoms with van der Waals surface area (Å²) in [6.45, 7) is 0.310. The summed E-state index contributed by atoms with van der Waals surface area (Å²) in [4.78, 5) is 30.6. The number of thiophene rings is 1. The number of nitrogens with zero attached hydrogens (tertiary/aromatic N) is 1. The number of amides is 1. The number of nitrogens with one attached hydrogen (secondary N) is 1. The Bertz CT molecular complexity index is 1900. The fourth-order valence-electron chi connectivity index (χ4n) is 7.51. The summed E-state index contributed by atoms with van der Waals surface area (Å²) < 4.78 is 6.67. The number of ether oxygens (including phenoxy) is 1. The maximum absolute atomic E-state index is 13.1. The smallest absolute Gasteiger partial charge is 0.306 e. The van der Waals surface area contributed by atoms with Gasteiger partial charge >= 0.3 is 5.97 Å². The summed E-state index contributed by atoms with van der Waals surface area (Å²) in [5.41, 5.74) is 8.31. The van der Waals surface area contributed by atoms with E-state index in [1.54, 1.807) is 23.7 Å². The Morgan fingerprint density at radius 3 is 2.44 bits per heavy atom. The van der Waals surface area contributed by atoms with E-state index < -0.39 is 24.2 Å². The molecule has 1 saturated carbocycles. The second-order valence-corrected chi connectivity index (χ2v) is 15.2. The molecule has 0 radical (unpaired) electrons. The van der Waals surface area contributed by atoms with Gasteiger partial charge in [0.2, 0.25) is 5.91 Å². The van der Waals surface area contributed by atoms with Gasteiger partial charge in [0.05, 0.1) is 24.2 Å². The number of anilines is 1. The number of carbonyl (C=O) groups is 2. The van der Waals surface area contributed by atoms with E-state index in [1.807, 2.05) is 66.7 Å². The van der Waals surface area contributed by atoms with E-state index in [0.29, 0.717) is 31.4 Å². The van der Waals surface area contributed by atoms with Crippen molar-refractivity contribution in [2.24, 2.45) is 17.6 Å². The van der Waals surface area contributed by atoms with Gasteiger partial charge in [0.1, 0.15) is 6.61 Å². The molecule has 0 saturated heterocycles. The van der Waals surface area contributed by atoms with Crippen LogP contribution in [0.5, 0.6) is 0 Å². The van der Waals surface area contributed by atoms with Crippen molar-refractivity contribution in [3.05, 3.63) is 107 Å². The lowest BCUT2D eigenvalue weighted by atomic mass is 9.84. The minimum atomic E-state index is -0.579. The zero-order valence-electron chi connectivity index (χ0n) is 29.4. The predicted octanol–water partition coefficient (Wildman–Crippen LogP) is 7.39. The number of carbonyl (C=O) groups excluding carboxylic acids is 2. The molecule has 2 unspecified atom stereocenters. The molecule has 0 bridgehead atoms. The number of hydrogen-bond acceptors (Lipinski definition) is 9. The van der Waals surface area contributed by atoms with Crippen LogP contribution in [0.3, 0.4) is 0 Å². The molecule has 6 N–H and O–H groups in total. The Morgan fingerprint density at radius 1 is 0.885 bits per heavy atom. The molecule has 52 heavy (non-hydrogen) atoms. The Hall–Kier alpha value is -4.19.